The minimum atomic E-state index is -0.0513. The quantitative estimate of drug-likeness (QED) is 0.843. The van der Waals surface area contributed by atoms with Crippen molar-refractivity contribution < 1.29 is 9.59 Å². The van der Waals surface area contributed by atoms with Gasteiger partial charge in [-0.3, -0.25) is 9.59 Å². The van der Waals surface area contributed by atoms with Crippen molar-refractivity contribution in [1.29, 1.82) is 0 Å². The fourth-order valence-corrected chi connectivity index (χ4v) is 2.50. The maximum Gasteiger partial charge on any atom is 0.224 e. The van der Waals surface area contributed by atoms with E-state index in [0.717, 1.165) is 15.7 Å². The Kier molecular flexibility index (Phi) is 6.35. The molecule has 0 heterocycles. The highest BCUT2D eigenvalue weighted by Gasteiger charge is 2.11. The summed E-state index contributed by atoms with van der Waals surface area (Å²) in [4.78, 5) is 25.4. The van der Waals surface area contributed by atoms with Crippen molar-refractivity contribution in [3.05, 3.63) is 64.6 Å². The number of rotatable bonds is 6. The summed E-state index contributed by atoms with van der Waals surface area (Å²) in [5, 5.41) is 2.86. The standard InChI is InChI=1S/C18H19BrN2O2/c1-14(22)21(17-9-7-16(19)8-10-17)12-11-20-18(23)13-15-5-3-2-4-6-15/h2-10H,11-13H2,1H3,(H,20,23). The van der Waals surface area contributed by atoms with Gasteiger partial charge in [0.15, 0.2) is 0 Å². The van der Waals surface area contributed by atoms with Crippen LogP contribution in [0, 0.1) is 0 Å². The Morgan fingerprint density at radius 2 is 1.70 bits per heavy atom. The Bertz CT molecular complexity index is 656. The first-order valence-electron chi connectivity index (χ1n) is 7.40. The van der Waals surface area contributed by atoms with E-state index in [1.807, 2.05) is 54.6 Å². The van der Waals surface area contributed by atoms with Crippen LogP contribution in [0.5, 0.6) is 0 Å². The molecule has 0 spiro atoms. The molecule has 120 valence electrons. The van der Waals surface area contributed by atoms with Gasteiger partial charge >= 0.3 is 0 Å². The fourth-order valence-electron chi connectivity index (χ4n) is 2.24. The molecule has 0 aliphatic rings. The predicted octanol–water partition coefficient (Wildman–Crippen LogP) is 3.16. The van der Waals surface area contributed by atoms with E-state index < -0.39 is 0 Å². The zero-order valence-electron chi connectivity index (χ0n) is 13.0. The van der Waals surface area contributed by atoms with E-state index in [9.17, 15) is 9.59 Å². The maximum absolute atomic E-state index is 11.9. The zero-order chi connectivity index (χ0) is 16.7. The molecule has 0 bridgehead atoms. The summed E-state index contributed by atoms with van der Waals surface area (Å²) in [5.74, 6) is -0.0971. The number of hydrogen-bond acceptors (Lipinski definition) is 2. The van der Waals surface area contributed by atoms with Gasteiger partial charge < -0.3 is 10.2 Å². The summed E-state index contributed by atoms with van der Waals surface area (Å²) < 4.78 is 0.959. The molecule has 0 aromatic heterocycles. The third kappa shape index (κ3) is 5.53. The highest BCUT2D eigenvalue weighted by molar-refractivity contribution is 9.10. The molecule has 1 N–H and O–H groups in total. The molecule has 2 rings (SSSR count). The third-order valence-corrected chi connectivity index (χ3v) is 3.91. The number of carbonyl (C=O) groups is 2. The van der Waals surface area contributed by atoms with Crippen LogP contribution >= 0.6 is 15.9 Å². The van der Waals surface area contributed by atoms with Crippen LogP contribution in [0.15, 0.2) is 59.1 Å². The fraction of sp³-hybridized carbons (Fsp3) is 0.222. The molecule has 2 amide bonds. The van der Waals surface area contributed by atoms with E-state index in [1.54, 1.807) is 4.90 Å². The van der Waals surface area contributed by atoms with Gasteiger partial charge in [0.25, 0.3) is 0 Å². The van der Waals surface area contributed by atoms with Crippen LogP contribution in [0.25, 0.3) is 0 Å². The van der Waals surface area contributed by atoms with Gasteiger partial charge in [0.2, 0.25) is 11.8 Å². The van der Waals surface area contributed by atoms with Gasteiger partial charge in [-0.05, 0) is 29.8 Å². The van der Waals surface area contributed by atoms with Crippen molar-refractivity contribution in [1.82, 2.24) is 5.32 Å². The van der Waals surface area contributed by atoms with Gasteiger partial charge in [-0.1, -0.05) is 46.3 Å². The Labute approximate surface area is 144 Å². The van der Waals surface area contributed by atoms with Crippen LogP contribution in [0.3, 0.4) is 0 Å². The van der Waals surface area contributed by atoms with Crippen LogP contribution in [0.4, 0.5) is 5.69 Å². The van der Waals surface area contributed by atoms with Gasteiger partial charge in [0, 0.05) is 30.2 Å². The second kappa shape index (κ2) is 8.48. The normalized spacial score (nSPS) is 10.2. The molecule has 0 radical (unpaired) electrons. The first-order valence-corrected chi connectivity index (χ1v) is 8.20. The van der Waals surface area contributed by atoms with Crippen molar-refractivity contribution in [2.45, 2.75) is 13.3 Å². The minimum absolute atomic E-state index is 0.0458. The van der Waals surface area contributed by atoms with Crippen LogP contribution in [0.2, 0.25) is 0 Å². The first kappa shape index (κ1) is 17.2. The number of halogens is 1. The number of benzene rings is 2. The number of nitrogens with one attached hydrogen (secondary N) is 1. The highest BCUT2D eigenvalue weighted by Crippen LogP contribution is 2.18. The summed E-state index contributed by atoms with van der Waals surface area (Å²) in [6, 6.07) is 17.1. The molecule has 0 saturated heterocycles. The summed E-state index contributed by atoms with van der Waals surface area (Å²) in [6.45, 7) is 2.38. The van der Waals surface area contributed by atoms with E-state index in [-0.39, 0.29) is 11.8 Å². The summed E-state index contributed by atoms with van der Waals surface area (Å²) in [7, 11) is 0. The van der Waals surface area contributed by atoms with Gasteiger partial charge in [0.05, 0.1) is 6.42 Å². The maximum atomic E-state index is 11.9. The molecule has 4 nitrogen and oxygen atoms in total. The topological polar surface area (TPSA) is 49.4 Å². The lowest BCUT2D eigenvalue weighted by Gasteiger charge is -2.21. The molecular formula is C18H19BrN2O2. The molecule has 0 fully saturated rings. The Hall–Kier alpha value is -2.14. The lowest BCUT2D eigenvalue weighted by molar-refractivity contribution is -0.121. The van der Waals surface area contributed by atoms with Gasteiger partial charge in [-0.15, -0.1) is 0 Å². The Morgan fingerprint density at radius 1 is 1.04 bits per heavy atom. The molecule has 2 aromatic rings. The zero-order valence-corrected chi connectivity index (χ0v) is 14.5. The lowest BCUT2D eigenvalue weighted by Crippen LogP contribution is -2.38. The van der Waals surface area contributed by atoms with E-state index in [0.29, 0.717) is 19.5 Å². The number of nitrogens with zero attached hydrogens (tertiary/aromatic N) is 1. The van der Waals surface area contributed by atoms with Crippen molar-refractivity contribution in [3.8, 4) is 0 Å². The van der Waals surface area contributed by atoms with Crippen LogP contribution in [-0.4, -0.2) is 24.9 Å². The monoisotopic (exact) mass is 374 g/mol. The van der Waals surface area contributed by atoms with Gasteiger partial charge in [-0.2, -0.15) is 0 Å². The molecule has 0 aliphatic carbocycles. The van der Waals surface area contributed by atoms with E-state index in [1.165, 1.54) is 6.92 Å². The number of carbonyl (C=O) groups excluding carboxylic acids is 2. The Morgan fingerprint density at radius 3 is 2.30 bits per heavy atom. The second-order valence-corrected chi connectivity index (χ2v) is 6.08. The van der Waals surface area contributed by atoms with Crippen LogP contribution in [-0.2, 0) is 16.0 Å². The largest absolute Gasteiger partial charge is 0.354 e. The molecule has 2 aromatic carbocycles. The minimum Gasteiger partial charge on any atom is -0.354 e. The highest BCUT2D eigenvalue weighted by atomic mass is 79.9. The molecule has 0 atom stereocenters. The smallest absolute Gasteiger partial charge is 0.224 e. The molecule has 5 heteroatoms. The van der Waals surface area contributed by atoms with E-state index in [4.69, 9.17) is 0 Å². The van der Waals surface area contributed by atoms with Gasteiger partial charge in [-0.25, -0.2) is 0 Å². The summed E-state index contributed by atoms with van der Waals surface area (Å²) in [6.07, 6.45) is 0.346. The van der Waals surface area contributed by atoms with Gasteiger partial charge in [0.1, 0.15) is 0 Å². The summed E-state index contributed by atoms with van der Waals surface area (Å²) in [5.41, 5.74) is 1.79. The first-order chi connectivity index (χ1) is 11.1. The molecule has 0 saturated carbocycles. The van der Waals surface area contributed by atoms with Crippen LogP contribution < -0.4 is 10.2 Å². The second-order valence-electron chi connectivity index (χ2n) is 5.16. The Balaban J connectivity index is 1.86. The number of hydrogen-bond donors (Lipinski definition) is 1. The lowest BCUT2D eigenvalue weighted by atomic mass is 10.1. The predicted molar refractivity (Wildman–Crippen MR) is 95.3 cm³/mol. The third-order valence-electron chi connectivity index (χ3n) is 3.38. The van der Waals surface area contributed by atoms with Crippen LogP contribution in [0.1, 0.15) is 12.5 Å². The average molecular weight is 375 g/mol. The van der Waals surface area contributed by atoms with E-state index >= 15 is 0 Å². The summed E-state index contributed by atoms with van der Waals surface area (Å²) >= 11 is 3.37. The number of amides is 2. The van der Waals surface area contributed by atoms with Crippen molar-refractivity contribution in [2.24, 2.45) is 0 Å². The molecule has 0 aliphatic heterocycles. The number of anilines is 1. The van der Waals surface area contributed by atoms with Crippen molar-refractivity contribution in [3.63, 3.8) is 0 Å². The molecule has 0 unspecified atom stereocenters. The van der Waals surface area contributed by atoms with E-state index in [2.05, 4.69) is 21.2 Å². The SMILES string of the molecule is CC(=O)N(CCNC(=O)Cc1ccccc1)c1ccc(Br)cc1. The van der Waals surface area contributed by atoms with Crippen molar-refractivity contribution in [2.75, 3.05) is 18.0 Å². The molecule has 23 heavy (non-hydrogen) atoms. The average Bonchev–Trinajstić information content (AvgIpc) is 2.53. The molecular weight excluding hydrogens is 356 g/mol. The van der Waals surface area contributed by atoms with Crippen molar-refractivity contribution >= 4 is 33.4 Å².